The molecule has 0 aromatic heterocycles. The van der Waals surface area contributed by atoms with Crippen molar-refractivity contribution in [3.63, 3.8) is 0 Å². The molecule has 3 nitrogen and oxygen atoms in total. The molecule has 0 amide bonds. The first kappa shape index (κ1) is 15.6. The lowest BCUT2D eigenvalue weighted by atomic mass is 10.1. The van der Waals surface area contributed by atoms with E-state index in [-0.39, 0.29) is 12.4 Å². The van der Waals surface area contributed by atoms with Gasteiger partial charge in [0.15, 0.2) is 0 Å². The van der Waals surface area contributed by atoms with E-state index in [9.17, 15) is 4.39 Å². The van der Waals surface area contributed by atoms with Gasteiger partial charge in [0.05, 0.1) is 26.4 Å². The molecule has 0 fully saturated rings. The lowest BCUT2D eigenvalue weighted by molar-refractivity contribution is 0.0407. The molecule has 1 rings (SSSR count). The molecule has 0 aliphatic rings. The zero-order valence-corrected chi connectivity index (χ0v) is 11.2. The number of nitrogens with two attached hydrogens (primary N) is 1. The maximum Gasteiger partial charge on any atom is 0.124 e. The largest absolute Gasteiger partial charge is 0.379 e. The molecule has 1 aromatic carbocycles. The molecular weight excluding hydrogens is 245 g/mol. The monoisotopic (exact) mass is 265 g/mol. The second-order valence-electron chi connectivity index (χ2n) is 4.02. The van der Waals surface area contributed by atoms with Crippen LogP contribution in [0.5, 0.6) is 0 Å². The Morgan fingerprint density at radius 2 is 1.95 bits per heavy atom. The second-order valence-corrected chi connectivity index (χ2v) is 4.02. The van der Waals surface area contributed by atoms with Crippen molar-refractivity contribution < 1.29 is 13.9 Å². The van der Waals surface area contributed by atoms with Gasteiger partial charge in [-0.2, -0.15) is 0 Å². The molecule has 0 spiro atoms. The third-order valence-electron chi connectivity index (χ3n) is 2.28. The van der Waals surface area contributed by atoms with Gasteiger partial charge in [-0.1, -0.05) is 18.8 Å². The molecule has 0 saturated heterocycles. The van der Waals surface area contributed by atoms with Crippen molar-refractivity contribution in [1.82, 2.24) is 0 Å². The lowest BCUT2D eigenvalue weighted by Gasteiger charge is -2.06. The minimum Gasteiger partial charge on any atom is -0.379 e. The Bertz CT molecular complexity index is 438. The van der Waals surface area contributed by atoms with Crippen molar-refractivity contribution in [2.75, 3.05) is 26.4 Å². The highest BCUT2D eigenvalue weighted by Gasteiger charge is 2.00. The first-order valence-corrected chi connectivity index (χ1v) is 6.40. The quantitative estimate of drug-likeness (QED) is 0.606. The van der Waals surface area contributed by atoms with Crippen LogP contribution in [0.3, 0.4) is 0 Å². The molecule has 0 radical (unpaired) electrons. The van der Waals surface area contributed by atoms with Crippen molar-refractivity contribution in [1.29, 1.82) is 0 Å². The summed E-state index contributed by atoms with van der Waals surface area (Å²) < 4.78 is 24.1. The molecule has 0 aliphatic heterocycles. The fourth-order valence-corrected chi connectivity index (χ4v) is 1.51. The van der Waals surface area contributed by atoms with E-state index in [4.69, 9.17) is 15.2 Å². The van der Waals surface area contributed by atoms with E-state index in [1.165, 1.54) is 12.1 Å². The maximum atomic E-state index is 13.4. The molecule has 0 atom stereocenters. The predicted molar refractivity (Wildman–Crippen MR) is 73.1 cm³/mol. The van der Waals surface area contributed by atoms with Gasteiger partial charge in [-0.3, -0.25) is 0 Å². The number of rotatable bonds is 7. The van der Waals surface area contributed by atoms with E-state index in [0.717, 1.165) is 18.6 Å². The number of ether oxygens (including phenoxy) is 2. The predicted octanol–water partition coefficient (Wildman–Crippen LogP) is 2.08. The molecule has 0 unspecified atom stereocenters. The summed E-state index contributed by atoms with van der Waals surface area (Å²) in [4.78, 5) is 0. The smallest absolute Gasteiger partial charge is 0.124 e. The zero-order valence-electron chi connectivity index (χ0n) is 11.2. The Kier molecular flexibility index (Phi) is 7.83. The Hall–Kier alpha value is -1.41. The maximum absolute atomic E-state index is 13.4. The van der Waals surface area contributed by atoms with Crippen molar-refractivity contribution in [2.45, 2.75) is 20.0 Å². The van der Waals surface area contributed by atoms with Gasteiger partial charge in [-0.15, -0.1) is 0 Å². The van der Waals surface area contributed by atoms with Crippen LogP contribution in [-0.2, 0) is 16.1 Å². The SMILES string of the molecule is CCCOCCOCc1cc(F)cc(C#CCN)c1. The highest BCUT2D eigenvalue weighted by atomic mass is 19.1. The van der Waals surface area contributed by atoms with Crippen LogP contribution >= 0.6 is 0 Å². The summed E-state index contributed by atoms with van der Waals surface area (Å²) >= 11 is 0. The molecule has 0 aliphatic carbocycles. The van der Waals surface area contributed by atoms with E-state index < -0.39 is 0 Å². The van der Waals surface area contributed by atoms with E-state index in [2.05, 4.69) is 18.8 Å². The molecule has 2 N–H and O–H groups in total. The summed E-state index contributed by atoms with van der Waals surface area (Å²) in [5, 5.41) is 0. The summed E-state index contributed by atoms with van der Waals surface area (Å²) in [6.07, 6.45) is 0.993. The Morgan fingerprint density at radius 1 is 1.16 bits per heavy atom. The van der Waals surface area contributed by atoms with Crippen LogP contribution < -0.4 is 5.73 Å². The number of halogens is 1. The van der Waals surface area contributed by atoms with Gasteiger partial charge in [0, 0.05) is 12.2 Å². The van der Waals surface area contributed by atoms with E-state index in [1.807, 2.05) is 0 Å². The average Bonchev–Trinajstić information content (AvgIpc) is 2.40. The van der Waals surface area contributed by atoms with Crippen LogP contribution in [0.4, 0.5) is 4.39 Å². The minimum absolute atomic E-state index is 0.261. The summed E-state index contributed by atoms with van der Waals surface area (Å²) in [6, 6.07) is 4.63. The molecule has 0 bridgehead atoms. The molecule has 19 heavy (non-hydrogen) atoms. The van der Waals surface area contributed by atoms with Gasteiger partial charge in [0.2, 0.25) is 0 Å². The standard InChI is InChI=1S/C15H20FNO2/c1-2-6-18-7-8-19-12-14-9-13(4-3-5-17)10-15(16)11-14/h9-11H,2,5-8,12,17H2,1H3. The third kappa shape index (κ3) is 6.92. The minimum atomic E-state index is -0.315. The molecule has 4 heteroatoms. The molecule has 104 valence electrons. The topological polar surface area (TPSA) is 44.5 Å². The van der Waals surface area contributed by atoms with Crippen LogP contribution in [0.15, 0.2) is 18.2 Å². The first-order valence-electron chi connectivity index (χ1n) is 6.40. The zero-order chi connectivity index (χ0) is 13.9. The fourth-order valence-electron chi connectivity index (χ4n) is 1.51. The van der Waals surface area contributed by atoms with Gasteiger partial charge >= 0.3 is 0 Å². The number of hydrogen-bond donors (Lipinski definition) is 1. The summed E-state index contributed by atoms with van der Waals surface area (Å²) in [6.45, 7) is 4.46. The third-order valence-corrected chi connectivity index (χ3v) is 2.28. The fraction of sp³-hybridized carbons (Fsp3) is 0.467. The van der Waals surface area contributed by atoms with Crippen LogP contribution in [0.2, 0.25) is 0 Å². The number of hydrogen-bond acceptors (Lipinski definition) is 3. The summed E-state index contributed by atoms with van der Waals surface area (Å²) in [7, 11) is 0. The van der Waals surface area contributed by atoms with E-state index in [0.29, 0.717) is 25.4 Å². The van der Waals surface area contributed by atoms with Crippen molar-refractivity contribution in [3.05, 3.63) is 35.1 Å². The van der Waals surface area contributed by atoms with Crippen molar-refractivity contribution in [3.8, 4) is 11.8 Å². The Labute approximate surface area is 113 Å². The first-order chi connectivity index (χ1) is 9.26. The summed E-state index contributed by atoms with van der Waals surface area (Å²) in [5.74, 6) is 5.19. The van der Waals surface area contributed by atoms with Crippen LogP contribution in [-0.4, -0.2) is 26.4 Å². The van der Waals surface area contributed by atoms with Crippen LogP contribution in [0.25, 0.3) is 0 Å². The van der Waals surface area contributed by atoms with Crippen molar-refractivity contribution in [2.24, 2.45) is 5.73 Å². The highest BCUT2D eigenvalue weighted by Crippen LogP contribution is 2.09. The van der Waals surface area contributed by atoms with Crippen molar-refractivity contribution >= 4 is 0 Å². The van der Waals surface area contributed by atoms with E-state index >= 15 is 0 Å². The lowest BCUT2D eigenvalue weighted by Crippen LogP contribution is -2.05. The Morgan fingerprint density at radius 3 is 2.68 bits per heavy atom. The highest BCUT2D eigenvalue weighted by molar-refractivity contribution is 5.37. The second kappa shape index (κ2) is 9.51. The van der Waals surface area contributed by atoms with Gasteiger partial charge in [-0.25, -0.2) is 4.39 Å². The Balaban J connectivity index is 2.42. The summed E-state index contributed by atoms with van der Waals surface area (Å²) in [5.41, 5.74) is 6.66. The van der Waals surface area contributed by atoms with Gasteiger partial charge in [-0.05, 0) is 30.2 Å². The molecule has 0 saturated carbocycles. The molecule has 1 aromatic rings. The normalized spacial score (nSPS) is 10.1. The van der Waals surface area contributed by atoms with Gasteiger partial charge in [0.1, 0.15) is 5.82 Å². The average molecular weight is 265 g/mol. The van der Waals surface area contributed by atoms with Gasteiger partial charge < -0.3 is 15.2 Å². The van der Waals surface area contributed by atoms with Crippen LogP contribution in [0.1, 0.15) is 24.5 Å². The van der Waals surface area contributed by atoms with Crippen LogP contribution in [0, 0.1) is 17.7 Å². The van der Waals surface area contributed by atoms with Gasteiger partial charge in [0.25, 0.3) is 0 Å². The molecule has 0 heterocycles. The van der Waals surface area contributed by atoms with E-state index in [1.54, 1.807) is 6.07 Å². The molecular formula is C15H20FNO2. The number of benzene rings is 1.